The Morgan fingerprint density at radius 3 is 2.35 bits per heavy atom. The predicted octanol–water partition coefficient (Wildman–Crippen LogP) is 3.40. The first-order valence-electron chi connectivity index (χ1n) is 8.74. The number of nitro groups is 1. The number of sulfonamides is 1. The van der Waals surface area contributed by atoms with E-state index < -0.39 is 21.0 Å². The minimum absolute atomic E-state index is 0.0367. The van der Waals surface area contributed by atoms with Gasteiger partial charge in [-0.2, -0.15) is 5.26 Å². The van der Waals surface area contributed by atoms with Gasteiger partial charge in [-0.05, 0) is 36.4 Å². The standard InChI is InChI=1S/C20H15N5O5S/c21-14-15-7-6-8-16(13-15)24(23-31(29,30)17-9-2-1-3-10-17)20(26)22-18-11-4-5-12-19(18)25(27)28/h1-13,23H,(H,22,26). The van der Waals surface area contributed by atoms with E-state index in [9.17, 15) is 23.3 Å². The number of amides is 2. The molecule has 31 heavy (non-hydrogen) atoms. The van der Waals surface area contributed by atoms with Crippen LogP contribution in [-0.2, 0) is 10.0 Å². The zero-order chi connectivity index (χ0) is 22.4. The lowest BCUT2D eigenvalue weighted by Gasteiger charge is -2.23. The predicted molar refractivity (Wildman–Crippen MR) is 113 cm³/mol. The second-order valence-corrected chi connectivity index (χ2v) is 7.77. The van der Waals surface area contributed by atoms with Crippen LogP contribution in [0, 0.1) is 21.4 Å². The molecular weight excluding hydrogens is 422 g/mol. The Balaban J connectivity index is 2.01. The van der Waals surface area contributed by atoms with Gasteiger partial charge in [0.2, 0.25) is 0 Å². The summed E-state index contributed by atoms with van der Waals surface area (Å²) < 4.78 is 25.6. The number of nitriles is 1. The van der Waals surface area contributed by atoms with E-state index in [1.165, 1.54) is 72.8 Å². The lowest BCUT2D eigenvalue weighted by Crippen LogP contribution is -2.48. The van der Waals surface area contributed by atoms with Crippen molar-refractivity contribution in [1.82, 2.24) is 4.83 Å². The van der Waals surface area contributed by atoms with Gasteiger partial charge in [-0.15, -0.1) is 4.83 Å². The molecule has 2 N–H and O–H groups in total. The topological polar surface area (TPSA) is 145 Å². The Bertz CT molecular complexity index is 1270. The molecule has 0 fully saturated rings. The summed E-state index contributed by atoms with van der Waals surface area (Å²) in [7, 11) is -4.19. The fourth-order valence-corrected chi connectivity index (χ4v) is 3.66. The number of carbonyl (C=O) groups is 1. The third-order valence-electron chi connectivity index (χ3n) is 4.04. The number of urea groups is 1. The van der Waals surface area contributed by atoms with Crippen LogP contribution in [0.3, 0.4) is 0 Å². The maximum atomic E-state index is 13.0. The molecule has 3 aromatic carbocycles. The number of rotatable bonds is 6. The number of para-hydroxylation sites is 2. The molecule has 0 aliphatic carbocycles. The lowest BCUT2D eigenvalue weighted by atomic mass is 10.2. The van der Waals surface area contributed by atoms with E-state index in [0.29, 0.717) is 5.01 Å². The first-order chi connectivity index (χ1) is 14.8. The number of hydrogen-bond donors (Lipinski definition) is 2. The van der Waals surface area contributed by atoms with Gasteiger partial charge in [0.25, 0.3) is 15.7 Å². The highest BCUT2D eigenvalue weighted by Crippen LogP contribution is 2.25. The summed E-state index contributed by atoms with van der Waals surface area (Å²) in [6.45, 7) is 0. The first-order valence-corrected chi connectivity index (χ1v) is 10.2. The molecule has 3 aromatic rings. The molecule has 0 bridgehead atoms. The second kappa shape index (κ2) is 9.04. The second-order valence-electron chi connectivity index (χ2n) is 6.11. The third kappa shape index (κ3) is 5.02. The van der Waals surface area contributed by atoms with E-state index >= 15 is 0 Å². The number of nitrogens with zero attached hydrogens (tertiary/aromatic N) is 3. The largest absolute Gasteiger partial charge is 0.342 e. The molecule has 0 saturated heterocycles. The van der Waals surface area contributed by atoms with Gasteiger partial charge >= 0.3 is 6.03 Å². The Labute approximate surface area is 177 Å². The van der Waals surface area contributed by atoms with E-state index in [4.69, 9.17) is 5.26 Å². The normalized spacial score (nSPS) is 10.7. The molecule has 0 unspecified atom stereocenters. The Morgan fingerprint density at radius 2 is 1.68 bits per heavy atom. The Hall–Kier alpha value is -4.27. The van der Waals surface area contributed by atoms with E-state index in [-0.39, 0.29) is 27.5 Å². The average Bonchev–Trinajstić information content (AvgIpc) is 2.78. The monoisotopic (exact) mass is 437 g/mol. The summed E-state index contributed by atoms with van der Waals surface area (Å²) in [5, 5.41) is 23.4. The number of hydrazine groups is 1. The summed E-state index contributed by atoms with van der Waals surface area (Å²) in [4.78, 5) is 25.6. The van der Waals surface area contributed by atoms with Crippen LogP contribution in [0.25, 0.3) is 0 Å². The molecule has 0 heterocycles. The summed E-state index contributed by atoms with van der Waals surface area (Å²) in [6, 6.07) is 19.3. The molecular formula is C20H15N5O5S. The highest BCUT2D eigenvalue weighted by molar-refractivity contribution is 7.89. The zero-order valence-corrected chi connectivity index (χ0v) is 16.6. The van der Waals surface area contributed by atoms with Crippen LogP contribution in [0.4, 0.5) is 21.9 Å². The number of carbonyl (C=O) groups excluding carboxylic acids is 1. The molecule has 0 aromatic heterocycles. The van der Waals surface area contributed by atoms with Crippen molar-refractivity contribution in [3.05, 3.63) is 94.5 Å². The van der Waals surface area contributed by atoms with Crippen LogP contribution in [0.1, 0.15) is 5.56 Å². The Kier molecular flexibility index (Phi) is 6.25. The number of benzene rings is 3. The molecule has 0 spiro atoms. The van der Waals surface area contributed by atoms with Crippen molar-refractivity contribution in [3.63, 3.8) is 0 Å². The fourth-order valence-electron chi connectivity index (χ4n) is 2.61. The maximum absolute atomic E-state index is 13.0. The molecule has 0 radical (unpaired) electrons. The zero-order valence-electron chi connectivity index (χ0n) is 15.8. The number of nitrogens with one attached hydrogen (secondary N) is 2. The van der Waals surface area contributed by atoms with Gasteiger partial charge in [0.05, 0.1) is 27.1 Å². The fraction of sp³-hybridized carbons (Fsp3) is 0. The average molecular weight is 437 g/mol. The highest BCUT2D eigenvalue weighted by atomic mass is 32.2. The van der Waals surface area contributed by atoms with E-state index in [1.54, 1.807) is 6.07 Å². The van der Waals surface area contributed by atoms with Gasteiger partial charge in [-0.25, -0.2) is 18.2 Å². The molecule has 0 aliphatic heterocycles. The minimum Gasteiger partial charge on any atom is -0.300 e. The van der Waals surface area contributed by atoms with Gasteiger partial charge in [0, 0.05) is 6.07 Å². The van der Waals surface area contributed by atoms with E-state index in [1.807, 2.05) is 6.07 Å². The van der Waals surface area contributed by atoms with Crippen LogP contribution >= 0.6 is 0 Å². The summed E-state index contributed by atoms with van der Waals surface area (Å²) in [6.07, 6.45) is 0. The minimum atomic E-state index is -4.19. The van der Waals surface area contributed by atoms with Gasteiger partial charge in [0.15, 0.2) is 0 Å². The molecule has 156 valence electrons. The van der Waals surface area contributed by atoms with Gasteiger partial charge in [0.1, 0.15) is 5.69 Å². The maximum Gasteiger partial charge on any atom is 0.342 e. The third-order valence-corrected chi connectivity index (χ3v) is 5.36. The quantitative estimate of drug-likeness (QED) is 0.446. The van der Waals surface area contributed by atoms with Crippen molar-refractivity contribution in [1.29, 1.82) is 5.26 Å². The van der Waals surface area contributed by atoms with Crippen LogP contribution in [0.2, 0.25) is 0 Å². The lowest BCUT2D eigenvalue weighted by molar-refractivity contribution is -0.383. The SMILES string of the molecule is N#Cc1cccc(N(NS(=O)(=O)c2ccccc2)C(=O)Nc2ccccc2[N+](=O)[O-])c1. The molecule has 3 rings (SSSR count). The van der Waals surface area contributed by atoms with Crippen LogP contribution in [0.15, 0.2) is 83.8 Å². The van der Waals surface area contributed by atoms with Crippen LogP contribution < -0.4 is 15.2 Å². The van der Waals surface area contributed by atoms with Crippen molar-refractivity contribution in [2.75, 3.05) is 10.3 Å². The molecule has 2 amide bonds. The first kappa shape index (κ1) is 21.4. The Morgan fingerprint density at radius 1 is 1.00 bits per heavy atom. The van der Waals surface area contributed by atoms with E-state index in [2.05, 4.69) is 10.1 Å². The highest BCUT2D eigenvalue weighted by Gasteiger charge is 2.26. The van der Waals surface area contributed by atoms with Crippen molar-refractivity contribution in [2.24, 2.45) is 0 Å². The molecule has 0 atom stereocenters. The number of anilines is 2. The van der Waals surface area contributed by atoms with Crippen molar-refractivity contribution >= 4 is 33.1 Å². The van der Waals surface area contributed by atoms with Crippen molar-refractivity contribution < 1.29 is 18.1 Å². The number of nitro benzene ring substituents is 1. The molecule has 10 nitrogen and oxygen atoms in total. The van der Waals surface area contributed by atoms with Crippen molar-refractivity contribution in [3.8, 4) is 6.07 Å². The van der Waals surface area contributed by atoms with Crippen LogP contribution in [0.5, 0.6) is 0 Å². The smallest absolute Gasteiger partial charge is 0.300 e. The number of hydrogen-bond acceptors (Lipinski definition) is 6. The van der Waals surface area contributed by atoms with Crippen molar-refractivity contribution in [2.45, 2.75) is 4.90 Å². The van der Waals surface area contributed by atoms with E-state index in [0.717, 1.165) is 0 Å². The molecule has 11 heteroatoms. The molecule has 0 aliphatic rings. The summed E-state index contributed by atoms with van der Waals surface area (Å²) in [5.74, 6) is 0. The summed E-state index contributed by atoms with van der Waals surface area (Å²) in [5.41, 5.74) is -0.278. The summed E-state index contributed by atoms with van der Waals surface area (Å²) >= 11 is 0. The van der Waals surface area contributed by atoms with Gasteiger partial charge in [-0.3, -0.25) is 10.1 Å². The van der Waals surface area contributed by atoms with Gasteiger partial charge < -0.3 is 5.32 Å². The molecule has 0 saturated carbocycles. The van der Waals surface area contributed by atoms with Gasteiger partial charge in [-0.1, -0.05) is 36.4 Å². The van der Waals surface area contributed by atoms with Crippen LogP contribution in [-0.4, -0.2) is 19.4 Å².